The van der Waals surface area contributed by atoms with Crippen LogP contribution in [0.1, 0.15) is 27.2 Å². The highest BCUT2D eigenvalue weighted by Gasteiger charge is 2.20. The van der Waals surface area contributed by atoms with Gasteiger partial charge < -0.3 is 10.8 Å². The number of nitrogens with two attached hydrogens (primary N) is 1. The maximum absolute atomic E-state index is 10.5. The Balaban J connectivity index is 2.53. The predicted octanol–water partition coefficient (Wildman–Crippen LogP) is 0.322. The number of tetrazole rings is 1. The fraction of sp³-hybridized carbons (Fsp3) is 0.778. The minimum absolute atomic E-state index is 0.194. The van der Waals surface area contributed by atoms with Crippen molar-refractivity contribution >= 4 is 17.7 Å². The van der Waals surface area contributed by atoms with E-state index in [1.165, 1.54) is 11.8 Å². The first-order chi connectivity index (χ1) is 7.82. The number of aliphatic carboxylic acids is 1. The molecule has 1 aromatic heterocycles. The zero-order valence-electron chi connectivity index (χ0n) is 10.1. The lowest BCUT2D eigenvalue weighted by atomic mass is 10.1. The number of nitrogens with zero attached hydrogens (tertiary/aromatic N) is 4. The smallest absolute Gasteiger partial charge is 0.320 e. The highest BCUT2D eigenvalue weighted by molar-refractivity contribution is 7.99. The molecule has 0 spiro atoms. The first-order valence-electron chi connectivity index (χ1n) is 5.22. The van der Waals surface area contributed by atoms with Crippen molar-refractivity contribution in [1.29, 1.82) is 0 Å². The number of aromatic nitrogens is 4. The molecule has 0 bridgehead atoms. The van der Waals surface area contributed by atoms with Crippen molar-refractivity contribution in [2.24, 2.45) is 5.73 Å². The molecule has 3 N–H and O–H groups in total. The molecule has 0 aliphatic rings. The lowest BCUT2D eigenvalue weighted by molar-refractivity contribution is -0.138. The highest BCUT2D eigenvalue weighted by Crippen LogP contribution is 2.21. The minimum atomic E-state index is -0.985. The number of rotatable bonds is 5. The molecule has 7 nitrogen and oxygen atoms in total. The zero-order chi connectivity index (χ0) is 13.1. The average molecular weight is 259 g/mol. The van der Waals surface area contributed by atoms with Gasteiger partial charge in [0, 0.05) is 5.75 Å². The Morgan fingerprint density at radius 2 is 2.24 bits per heavy atom. The van der Waals surface area contributed by atoms with Crippen LogP contribution in [0.3, 0.4) is 0 Å². The molecule has 17 heavy (non-hydrogen) atoms. The van der Waals surface area contributed by atoms with Crippen molar-refractivity contribution in [3.8, 4) is 0 Å². The van der Waals surface area contributed by atoms with Crippen LogP contribution in [-0.4, -0.2) is 43.1 Å². The molecule has 8 heteroatoms. The van der Waals surface area contributed by atoms with E-state index in [1.807, 2.05) is 20.8 Å². The fourth-order valence-electron chi connectivity index (χ4n) is 1.09. The molecular weight excluding hydrogens is 242 g/mol. The van der Waals surface area contributed by atoms with Crippen LogP contribution >= 0.6 is 11.8 Å². The van der Waals surface area contributed by atoms with Gasteiger partial charge in [0.25, 0.3) is 0 Å². The van der Waals surface area contributed by atoms with Gasteiger partial charge in [0.15, 0.2) is 0 Å². The quantitative estimate of drug-likeness (QED) is 0.733. The molecule has 0 radical (unpaired) electrons. The van der Waals surface area contributed by atoms with Crippen LogP contribution < -0.4 is 5.73 Å². The van der Waals surface area contributed by atoms with Crippen LogP contribution in [0.25, 0.3) is 0 Å². The molecule has 0 saturated carbocycles. The van der Waals surface area contributed by atoms with E-state index >= 15 is 0 Å². The fourth-order valence-corrected chi connectivity index (χ4v) is 2.17. The van der Waals surface area contributed by atoms with Crippen LogP contribution in [0, 0.1) is 0 Å². The minimum Gasteiger partial charge on any atom is -0.480 e. The second kappa shape index (κ2) is 5.46. The molecule has 0 amide bonds. The molecule has 1 rings (SSSR count). The molecule has 1 aromatic rings. The largest absolute Gasteiger partial charge is 0.480 e. The van der Waals surface area contributed by atoms with E-state index in [-0.39, 0.29) is 5.54 Å². The summed E-state index contributed by atoms with van der Waals surface area (Å²) in [6.07, 6.45) is 0.386. The second-order valence-electron chi connectivity index (χ2n) is 4.63. The third-order valence-electron chi connectivity index (χ3n) is 2.05. The van der Waals surface area contributed by atoms with Crippen LogP contribution in [-0.2, 0) is 10.3 Å². The monoisotopic (exact) mass is 259 g/mol. The van der Waals surface area contributed by atoms with Crippen molar-refractivity contribution in [2.45, 2.75) is 43.9 Å². The van der Waals surface area contributed by atoms with Gasteiger partial charge in [0.05, 0.1) is 5.54 Å². The van der Waals surface area contributed by atoms with Crippen LogP contribution in [0.4, 0.5) is 0 Å². The molecule has 1 heterocycles. The van der Waals surface area contributed by atoms with E-state index in [1.54, 1.807) is 4.68 Å². The van der Waals surface area contributed by atoms with Gasteiger partial charge in [0.2, 0.25) is 5.16 Å². The number of carbonyl (C=O) groups is 1. The lowest BCUT2D eigenvalue weighted by Crippen LogP contribution is -2.30. The van der Waals surface area contributed by atoms with Crippen molar-refractivity contribution in [3.63, 3.8) is 0 Å². The standard InChI is InChI=1S/C9H17N5O2S/c1-9(2,3)14-8(11-12-13-14)17-5-4-6(10)7(15)16/h6H,4-5,10H2,1-3H3,(H,15,16)/t6-/m0/s1. The molecule has 0 fully saturated rings. The Labute approximate surface area is 104 Å². The third-order valence-corrected chi connectivity index (χ3v) is 3.01. The van der Waals surface area contributed by atoms with Gasteiger partial charge in [-0.3, -0.25) is 4.79 Å². The SMILES string of the molecule is CC(C)(C)n1nnnc1SCC[C@H](N)C(=O)O. The zero-order valence-corrected chi connectivity index (χ0v) is 10.9. The summed E-state index contributed by atoms with van der Waals surface area (Å²) < 4.78 is 1.71. The molecule has 0 aliphatic heterocycles. The predicted molar refractivity (Wildman–Crippen MR) is 63.8 cm³/mol. The van der Waals surface area contributed by atoms with E-state index < -0.39 is 12.0 Å². The van der Waals surface area contributed by atoms with Gasteiger partial charge in [-0.15, -0.1) is 5.10 Å². The summed E-state index contributed by atoms with van der Waals surface area (Å²) in [5, 5.41) is 20.7. The normalized spacial score (nSPS) is 13.6. The molecule has 0 aromatic carbocycles. The maximum atomic E-state index is 10.5. The number of hydrogen-bond donors (Lipinski definition) is 2. The van der Waals surface area contributed by atoms with E-state index in [9.17, 15) is 4.79 Å². The van der Waals surface area contributed by atoms with Gasteiger partial charge in [0.1, 0.15) is 6.04 Å². The van der Waals surface area contributed by atoms with E-state index in [0.29, 0.717) is 17.3 Å². The first kappa shape index (κ1) is 13.9. The van der Waals surface area contributed by atoms with Crippen LogP contribution in [0.5, 0.6) is 0 Å². The summed E-state index contributed by atoms with van der Waals surface area (Å²) in [4.78, 5) is 10.5. The van der Waals surface area contributed by atoms with E-state index in [2.05, 4.69) is 15.5 Å². The van der Waals surface area contributed by atoms with Crippen LogP contribution in [0.15, 0.2) is 5.16 Å². The van der Waals surface area contributed by atoms with Crippen molar-refractivity contribution in [1.82, 2.24) is 20.2 Å². The van der Waals surface area contributed by atoms with E-state index in [4.69, 9.17) is 10.8 Å². The Bertz CT molecular complexity index is 387. The van der Waals surface area contributed by atoms with Gasteiger partial charge in [-0.25, -0.2) is 4.68 Å². The molecular formula is C9H17N5O2S. The highest BCUT2D eigenvalue weighted by atomic mass is 32.2. The number of carboxylic acids is 1. The van der Waals surface area contributed by atoms with Gasteiger partial charge in [-0.1, -0.05) is 11.8 Å². The van der Waals surface area contributed by atoms with Crippen LogP contribution in [0.2, 0.25) is 0 Å². The van der Waals surface area contributed by atoms with Gasteiger partial charge >= 0.3 is 5.97 Å². The Hall–Kier alpha value is -1.15. The number of carboxylic acid groups (broad SMARTS) is 1. The average Bonchev–Trinajstić information content (AvgIpc) is 2.65. The van der Waals surface area contributed by atoms with Crippen molar-refractivity contribution in [3.05, 3.63) is 0 Å². The number of hydrogen-bond acceptors (Lipinski definition) is 6. The second-order valence-corrected chi connectivity index (χ2v) is 5.69. The van der Waals surface area contributed by atoms with Gasteiger partial charge in [-0.05, 0) is 37.6 Å². The lowest BCUT2D eigenvalue weighted by Gasteiger charge is -2.19. The third kappa shape index (κ3) is 3.97. The summed E-state index contributed by atoms with van der Waals surface area (Å²) in [7, 11) is 0. The Kier molecular flexibility index (Phi) is 4.47. The summed E-state index contributed by atoms with van der Waals surface area (Å²) in [5.74, 6) is -0.412. The van der Waals surface area contributed by atoms with E-state index in [0.717, 1.165) is 0 Å². The topological polar surface area (TPSA) is 107 Å². The molecule has 96 valence electrons. The molecule has 0 saturated heterocycles. The summed E-state index contributed by atoms with van der Waals surface area (Å²) in [6, 6.07) is -0.832. The molecule has 1 atom stereocenters. The van der Waals surface area contributed by atoms with Crippen molar-refractivity contribution < 1.29 is 9.90 Å². The first-order valence-corrected chi connectivity index (χ1v) is 6.21. The summed E-state index contributed by atoms with van der Waals surface area (Å²) in [6.45, 7) is 5.99. The Morgan fingerprint density at radius 3 is 2.76 bits per heavy atom. The molecule has 0 unspecified atom stereocenters. The number of thioether (sulfide) groups is 1. The summed E-state index contributed by atoms with van der Waals surface area (Å²) in [5.41, 5.74) is 5.21. The van der Waals surface area contributed by atoms with Gasteiger partial charge in [-0.2, -0.15) is 0 Å². The molecule has 0 aliphatic carbocycles. The maximum Gasteiger partial charge on any atom is 0.320 e. The Morgan fingerprint density at radius 1 is 1.59 bits per heavy atom. The van der Waals surface area contributed by atoms with Crippen molar-refractivity contribution in [2.75, 3.05) is 5.75 Å². The summed E-state index contributed by atoms with van der Waals surface area (Å²) >= 11 is 1.41.